The third-order valence-electron chi connectivity index (χ3n) is 4.83. The molecule has 4 rings (SSSR count). The van der Waals surface area contributed by atoms with E-state index in [1.165, 1.54) is 22.3 Å². The fraction of sp³-hybridized carbons (Fsp3) is 0.389. The van der Waals surface area contributed by atoms with Crippen LogP contribution in [0.2, 0.25) is 0 Å². The zero-order valence-corrected chi connectivity index (χ0v) is 16.0. The molecule has 3 aromatic rings. The summed E-state index contributed by atoms with van der Waals surface area (Å²) in [6.45, 7) is 3.76. The molecule has 28 heavy (non-hydrogen) atoms. The summed E-state index contributed by atoms with van der Waals surface area (Å²) in [6.07, 6.45) is 1.99. The number of furan rings is 1. The molecule has 0 spiro atoms. The first-order chi connectivity index (χ1) is 13.3. The van der Waals surface area contributed by atoms with Crippen molar-refractivity contribution in [3.05, 3.63) is 54.6 Å². The van der Waals surface area contributed by atoms with Crippen molar-refractivity contribution in [2.45, 2.75) is 39.2 Å². The molecule has 1 aliphatic carbocycles. The molecule has 0 aromatic carbocycles. The van der Waals surface area contributed by atoms with Crippen LogP contribution in [-0.4, -0.2) is 20.9 Å². The standard InChI is InChI=1S/C18H17N3O6S/c1-8-3-4-10-12(7-8)28-17-14(10)16(22)19-15(20-17)9(2)26-18(23)11-5-6-13(27-11)21(24)25/h5-6,8-9H,3-4,7H2,1-2H3,(H,19,20,22)/t8-,9+/m1/s1. The van der Waals surface area contributed by atoms with Crippen molar-refractivity contribution in [3.8, 4) is 0 Å². The number of rotatable bonds is 4. The number of aryl methyl sites for hydroxylation is 1. The van der Waals surface area contributed by atoms with Gasteiger partial charge in [0, 0.05) is 4.88 Å². The maximum atomic E-state index is 12.6. The summed E-state index contributed by atoms with van der Waals surface area (Å²) in [4.78, 5) is 43.7. The van der Waals surface area contributed by atoms with Crippen LogP contribution >= 0.6 is 11.3 Å². The van der Waals surface area contributed by atoms with Gasteiger partial charge in [-0.25, -0.2) is 9.78 Å². The van der Waals surface area contributed by atoms with Crippen LogP contribution in [0, 0.1) is 16.0 Å². The highest BCUT2D eigenvalue weighted by atomic mass is 32.1. The van der Waals surface area contributed by atoms with Crippen molar-refractivity contribution < 1.29 is 18.9 Å². The lowest BCUT2D eigenvalue weighted by atomic mass is 9.89. The highest BCUT2D eigenvalue weighted by Gasteiger charge is 2.25. The van der Waals surface area contributed by atoms with Gasteiger partial charge in [-0.2, -0.15) is 0 Å². The third kappa shape index (κ3) is 3.19. The number of aromatic nitrogens is 2. The topological polar surface area (TPSA) is 128 Å². The van der Waals surface area contributed by atoms with Gasteiger partial charge in [0.1, 0.15) is 9.75 Å². The first-order valence-corrected chi connectivity index (χ1v) is 9.64. The van der Waals surface area contributed by atoms with Crippen molar-refractivity contribution in [2.75, 3.05) is 0 Å². The van der Waals surface area contributed by atoms with Gasteiger partial charge in [0.2, 0.25) is 5.76 Å². The zero-order chi connectivity index (χ0) is 20.0. The molecule has 1 aliphatic rings. The van der Waals surface area contributed by atoms with Gasteiger partial charge in [-0.1, -0.05) is 6.92 Å². The molecule has 9 nitrogen and oxygen atoms in total. The number of aromatic amines is 1. The maximum absolute atomic E-state index is 12.6. The number of nitro groups is 1. The van der Waals surface area contributed by atoms with Crippen LogP contribution in [0.5, 0.6) is 0 Å². The Kier molecular flexibility index (Phi) is 4.50. The second-order valence-electron chi connectivity index (χ2n) is 6.93. The summed E-state index contributed by atoms with van der Waals surface area (Å²) in [5, 5.41) is 11.3. The molecule has 3 heterocycles. The van der Waals surface area contributed by atoms with Crippen molar-refractivity contribution in [2.24, 2.45) is 5.92 Å². The smallest absolute Gasteiger partial charge is 0.433 e. The minimum absolute atomic E-state index is 0.221. The fourth-order valence-corrected chi connectivity index (χ4v) is 4.76. The van der Waals surface area contributed by atoms with E-state index in [9.17, 15) is 19.7 Å². The maximum Gasteiger partial charge on any atom is 0.433 e. The molecule has 3 aromatic heterocycles. The van der Waals surface area contributed by atoms with Gasteiger partial charge in [0.15, 0.2) is 11.9 Å². The van der Waals surface area contributed by atoms with Gasteiger partial charge in [-0.05, 0) is 43.7 Å². The van der Waals surface area contributed by atoms with Crippen molar-refractivity contribution >= 4 is 33.4 Å². The van der Waals surface area contributed by atoms with E-state index in [-0.39, 0.29) is 17.1 Å². The molecular formula is C18H17N3O6S. The van der Waals surface area contributed by atoms with E-state index >= 15 is 0 Å². The monoisotopic (exact) mass is 403 g/mol. The van der Waals surface area contributed by atoms with Gasteiger partial charge in [-0.3, -0.25) is 14.9 Å². The molecule has 0 unspecified atom stereocenters. The summed E-state index contributed by atoms with van der Waals surface area (Å²) in [5.74, 6) is -0.911. The van der Waals surface area contributed by atoms with Crippen LogP contribution in [-0.2, 0) is 17.6 Å². The van der Waals surface area contributed by atoms with Crippen molar-refractivity contribution in [1.29, 1.82) is 0 Å². The predicted octanol–water partition coefficient (Wildman–Crippen LogP) is 3.53. The minimum Gasteiger partial charge on any atom is -0.449 e. The number of nitrogens with zero attached hydrogens (tertiary/aromatic N) is 2. The lowest BCUT2D eigenvalue weighted by Crippen LogP contribution is -2.18. The van der Waals surface area contributed by atoms with Gasteiger partial charge < -0.3 is 14.1 Å². The summed E-state index contributed by atoms with van der Waals surface area (Å²) in [7, 11) is 0. The molecule has 1 N–H and O–H groups in total. The van der Waals surface area contributed by atoms with Gasteiger partial charge >= 0.3 is 11.9 Å². The van der Waals surface area contributed by atoms with E-state index in [0.29, 0.717) is 16.1 Å². The molecule has 0 aliphatic heterocycles. The number of thiophene rings is 1. The molecule has 0 bridgehead atoms. The Bertz CT molecular complexity index is 1140. The van der Waals surface area contributed by atoms with E-state index < -0.39 is 22.9 Å². The molecule has 146 valence electrons. The normalized spacial score (nSPS) is 17.3. The van der Waals surface area contributed by atoms with E-state index in [0.717, 1.165) is 30.9 Å². The van der Waals surface area contributed by atoms with Crippen LogP contribution in [0.1, 0.15) is 53.2 Å². The van der Waals surface area contributed by atoms with Crippen LogP contribution in [0.25, 0.3) is 10.2 Å². The highest BCUT2D eigenvalue weighted by molar-refractivity contribution is 7.18. The lowest BCUT2D eigenvalue weighted by Gasteiger charge is -2.17. The number of fused-ring (bicyclic) bond motifs is 3. The Balaban J connectivity index is 1.60. The average Bonchev–Trinajstić information content (AvgIpc) is 3.25. The van der Waals surface area contributed by atoms with E-state index in [1.807, 2.05) is 0 Å². The summed E-state index contributed by atoms with van der Waals surface area (Å²) in [6, 6.07) is 2.24. The SMILES string of the molecule is C[C@@H]1CCc2c(sc3nc([C@H](C)OC(=O)c4ccc([N+](=O)[O-])o4)[nH]c(=O)c23)C1. The number of carbonyl (C=O) groups is 1. The second-order valence-corrected chi connectivity index (χ2v) is 8.01. The van der Waals surface area contributed by atoms with Crippen LogP contribution in [0.4, 0.5) is 5.88 Å². The number of ether oxygens (including phenoxy) is 1. The van der Waals surface area contributed by atoms with Crippen molar-refractivity contribution in [3.63, 3.8) is 0 Å². The molecule has 2 atom stereocenters. The highest BCUT2D eigenvalue weighted by Crippen LogP contribution is 2.36. The minimum atomic E-state index is -0.873. The molecular weight excluding hydrogens is 386 g/mol. The number of esters is 1. The second kappa shape index (κ2) is 6.86. The van der Waals surface area contributed by atoms with Crippen molar-refractivity contribution in [1.82, 2.24) is 9.97 Å². The first-order valence-electron chi connectivity index (χ1n) is 8.83. The Morgan fingerprint density at radius 3 is 3.00 bits per heavy atom. The van der Waals surface area contributed by atoms with E-state index in [1.54, 1.807) is 6.92 Å². The number of H-pyrrole nitrogens is 1. The first kappa shape index (κ1) is 18.4. The average molecular weight is 403 g/mol. The molecule has 0 saturated carbocycles. The third-order valence-corrected chi connectivity index (χ3v) is 5.97. The zero-order valence-electron chi connectivity index (χ0n) is 15.2. The Labute approximate surface area is 162 Å². The largest absolute Gasteiger partial charge is 0.449 e. The fourth-order valence-electron chi connectivity index (χ4n) is 3.37. The van der Waals surface area contributed by atoms with Gasteiger partial charge in [0.25, 0.3) is 5.56 Å². The molecule has 0 radical (unpaired) electrons. The lowest BCUT2D eigenvalue weighted by molar-refractivity contribution is -0.402. The number of hydrogen-bond acceptors (Lipinski definition) is 8. The van der Waals surface area contributed by atoms with Gasteiger partial charge in [-0.15, -0.1) is 11.3 Å². The van der Waals surface area contributed by atoms with Gasteiger partial charge in [0.05, 0.1) is 11.5 Å². The van der Waals surface area contributed by atoms with Crippen LogP contribution in [0.15, 0.2) is 21.3 Å². The predicted molar refractivity (Wildman–Crippen MR) is 101 cm³/mol. The molecule has 10 heteroatoms. The van der Waals surface area contributed by atoms with Crippen LogP contribution < -0.4 is 5.56 Å². The number of nitrogens with one attached hydrogen (secondary N) is 1. The summed E-state index contributed by atoms with van der Waals surface area (Å²) < 4.78 is 10.1. The van der Waals surface area contributed by atoms with E-state index in [4.69, 9.17) is 9.15 Å². The summed E-state index contributed by atoms with van der Waals surface area (Å²) >= 11 is 1.51. The molecule has 0 amide bonds. The molecule has 0 fully saturated rings. The Hall–Kier alpha value is -3.01. The van der Waals surface area contributed by atoms with E-state index in [2.05, 4.69) is 16.9 Å². The Morgan fingerprint density at radius 2 is 2.29 bits per heavy atom. The number of hydrogen-bond donors (Lipinski definition) is 1. The molecule has 0 saturated heterocycles. The van der Waals surface area contributed by atoms with Crippen LogP contribution in [0.3, 0.4) is 0 Å². The quantitative estimate of drug-likeness (QED) is 0.401. The Morgan fingerprint density at radius 1 is 1.50 bits per heavy atom. The number of carbonyl (C=O) groups excluding carboxylic acids is 1. The summed E-state index contributed by atoms with van der Waals surface area (Å²) in [5.41, 5.74) is 0.828.